The molecule has 4 nitrogen and oxygen atoms in total. The molecule has 0 atom stereocenters. The van der Waals surface area contributed by atoms with E-state index in [1.165, 1.54) is 0 Å². The molecule has 16 heavy (non-hydrogen) atoms. The molecular formula is C12H11N3O. The summed E-state index contributed by atoms with van der Waals surface area (Å²) < 4.78 is 0. The van der Waals surface area contributed by atoms with Crippen molar-refractivity contribution in [1.29, 1.82) is 0 Å². The first-order valence-electron chi connectivity index (χ1n) is 4.82. The molecule has 0 fully saturated rings. The molecule has 80 valence electrons. The Hall–Kier alpha value is -2.25. The summed E-state index contributed by atoms with van der Waals surface area (Å²) in [6, 6.07) is 9.85. The van der Waals surface area contributed by atoms with Gasteiger partial charge in [0, 0.05) is 0 Å². The Kier molecular flexibility index (Phi) is 3.22. The van der Waals surface area contributed by atoms with Gasteiger partial charge in [0.1, 0.15) is 0 Å². The lowest BCUT2D eigenvalue weighted by molar-refractivity contribution is 0.179. The summed E-state index contributed by atoms with van der Waals surface area (Å²) in [6.07, 6.45) is 6.84. The van der Waals surface area contributed by atoms with Crippen LogP contribution in [-0.2, 0) is 11.4 Å². The van der Waals surface area contributed by atoms with Crippen molar-refractivity contribution in [2.75, 3.05) is 5.48 Å². The summed E-state index contributed by atoms with van der Waals surface area (Å²) in [6.45, 7) is 0.462. The molecule has 0 bridgehead atoms. The lowest BCUT2D eigenvalue weighted by Gasteiger charge is -2.05. The maximum atomic E-state index is 5.29. The number of aromatic nitrogens is 2. The van der Waals surface area contributed by atoms with Crippen molar-refractivity contribution in [2.45, 2.75) is 6.61 Å². The fourth-order valence-electron chi connectivity index (χ4n) is 1.24. The SMILES string of the molecule is C#Cc1cn[nH]c1NOCc1ccccc1. The quantitative estimate of drug-likeness (QED) is 0.602. The molecule has 2 N–H and O–H groups in total. The average molecular weight is 213 g/mol. The molecule has 0 saturated heterocycles. The lowest BCUT2D eigenvalue weighted by Crippen LogP contribution is -2.02. The second kappa shape index (κ2) is 5.01. The number of hydrogen-bond donors (Lipinski definition) is 2. The number of H-pyrrole nitrogens is 1. The molecule has 0 aliphatic heterocycles. The first-order valence-corrected chi connectivity index (χ1v) is 4.82. The lowest BCUT2D eigenvalue weighted by atomic mass is 10.2. The number of terminal acetylenes is 1. The summed E-state index contributed by atoms with van der Waals surface area (Å²) in [4.78, 5) is 5.29. The number of hydrogen-bond acceptors (Lipinski definition) is 3. The molecule has 1 aromatic carbocycles. The van der Waals surface area contributed by atoms with Gasteiger partial charge in [-0.1, -0.05) is 36.3 Å². The monoisotopic (exact) mass is 213 g/mol. The Labute approximate surface area is 93.6 Å². The third-order valence-electron chi connectivity index (χ3n) is 2.05. The number of aromatic amines is 1. The van der Waals surface area contributed by atoms with Gasteiger partial charge in [0.15, 0.2) is 5.82 Å². The van der Waals surface area contributed by atoms with E-state index in [1.807, 2.05) is 30.3 Å². The number of nitrogens with zero attached hydrogens (tertiary/aromatic N) is 1. The maximum Gasteiger partial charge on any atom is 0.161 e. The van der Waals surface area contributed by atoms with E-state index in [0.717, 1.165) is 5.56 Å². The molecule has 0 aliphatic carbocycles. The highest BCUT2D eigenvalue weighted by Crippen LogP contribution is 2.09. The van der Waals surface area contributed by atoms with Gasteiger partial charge in [-0.25, -0.2) is 5.48 Å². The van der Waals surface area contributed by atoms with Gasteiger partial charge < -0.3 is 0 Å². The Morgan fingerprint density at radius 2 is 2.19 bits per heavy atom. The van der Waals surface area contributed by atoms with Crippen LogP contribution in [0.15, 0.2) is 36.5 Å². The molecule has 2 rings (SSSR count). The third-order valence-corrected chi connectivity index (χ3v) is 2.05. The van der Waals surface area contributed by atoms with Crippen LogP contribution in [0, 0.1) is 12.3 Å². The molecule has 0 spiro atoms. The highest BCUT2D eigenvalue weighted by atomic mass is 16.6. The summed E-state index contributed by atoms with van der Waals surface area (Å²) in [5.74, 6) is 3.08. The minimum absolute atomic E-state index is 0.462. The zero-order valence-corrected chi connectivity index (χ0v) is 8.60. The van der Waals surface area contributed by atoms with Crippen LogP contribution in [0.2, 0.25) is 0 Å². The van der Waals surface area contributed by atoms with Gasteiger partial charge in [0.25, 0.3) is 0 Å². The molecule has 0 amide bonds. The minimum atomic E-state index is 0.462. The second-order valence-corrected chi connectivity index (χ2v) is 3.18. The molecule has 0 radical (unpaired) electrons. The summed E-state index contributed by atoms with van der Waals surface area (Å²) >= 11 is 0. The van der Waals surface area contributed by atoms with Crippen LogP contribution < -0.4 is 5.48 Å². The first-order chi connectivity index (χ1) is 7.90. The van der Waals surface area contributed by atoms with E-state index >= 15 is 0 Å². The smallest absolute Gasteiger partial charge is 0.161 e. The zero-order valence-electron chi connectivity index (χ0n) is 8.60. The minimum Gasteiger partial charge on any atom is -0.270 e. The van der Waals surface area contributed by atoms with Crippen molar-refractivity contribution in [3.05, 3.63) is 47.7 Å². The van der Waals surface area contributed by atoms with E-state index < -0.39 is 0 Å². The van der Waals surface area contributed by atoms with Gasteiger partial charge in [-0.3, -0.25) is 9.94 Å². The van der Waals surface area contributed by atoms with Crippen LogP contribution in [0.1, 0.15) is 11.1 Å². The van der Waals surface area contributed by atoms with Crippen LogP contribution >= 0.6 is 0 Å². The van der Waals surface area contributed by atoms with Crippen molar-refractivity contribution in [3.8, 4) is 12.3 Å². The normalized spacial score (nSPS) is 9.69. The van der Waals surface area contributed by atoms with E-state index in [4.69, 9.17) is 11.3 Å². The van der Waals surface area contributed by atoms with Crippen molar-refractivity contribution in [3.63, 3.8) is 0 Å². The number of anilines is 1. The van der Waals surface area contributed by atoms with E-state index in [0.29, 0.717) is 18.0 Å². The van der Waals surface area contributed by atoms with Gasteiger partial charge >= 0.3 is 0 Å². The van der Waals surface area contributed by atoms with Gasteiger partial charge in [-0.05, 0) is 5.56 Å². The Morgan fingerprint density at radius 3 is 2.94 bits per heavy atom. The van der Waals surface area contributed by atoms with Gasteiger partial charge in [-0.2, -0.15) is 5.10 Å². The van der Waals surface area contributed by atoms with E-state index in [-0.39, 0.29) is 0 Å². The fourth-order valence-corrected chi connectivity index (χ4v) is 1.24. The van der Waals surface area contributed by atoms with Crippen LogP contribution in [-0.4, -0.2) is 10.2 Å². The molecule has 0 unspecified atom stereocenters. The van der Waals surface area contributed by atoms with Gasteiger partial charge in [0.2, 0.25) is 0 Å². The number of benzene rings is 1. The third kappa shape index (κ3) is 2.41. The standard InChI is InChI=1S/C12H11N3O/c1-2-11-8-13-14-12(11)15-16-9-10-6-4-3-5-7-10/h1,3-8H,9H2,(H2,13,14,15). The molecule has 0 aliphatic rings. The summed E-state index contributed by atoms with van der Waals surface area (Å²) in [5, 5.41) is 6.52. The van der Waals surface area contributed by atoms with Crippen LogP contribution in [0.4, 0.5) is 5.82 Å². The second-order valence-electron chi connectivity index (χ2n) is 3.18. The van der Waals surface area contributed by atoms with E-state index in [9.17, 15) is 0 Å². The van der Waals surface area contributed by atoms with Crippen molar-refractivity contribution < 1.29 is 4.84 Å². The molecule has 1 heterocycles. The van der Waals surface area contributed by atoms with Gasteiger partial charge in [-0.15, -0.1) is 6.42 Å². The molecule has 0 saturated carbocycles. The van der Waals surface area contributed by atoms with Crippen molar-refractivity contribution >= 4 is 5.82 Å². The zero-order chi connectivity index (χ0) is 11.2. The maximum absolute atomic E-state index is 5.29. The highest BCUT2D eigenvalue weighted by Gasteiger charge is 2.01. The van der Waals surface area contributed by atoms with Gasteiger partial charge in [0.05, 0.1) is 18.4 Å². The van der Waals surface area contributed by atoms with Crippen LogP contribution in [0.3, 0.4) is 0 Å². The Bertz CT molecular complexity index is 484. The predicted octanol–water partition coefficient (Wildman–Crippen LogP) is 1.93. The fraction of sp³-hybridized carbons (Fsp3) is 0.0833. The molecule has 1 aromatic heterocycles. The van der Waals surface area contributed by atoms with E-state index in [1.54, 1.807) is 6.20 Å². The average Bonchev–Trinajstić information content (AvgIpc) is 2.78. The largest absolute Gasteiger partial charge is 0.270 e. The summed E-state index contributed by atoms with van der Waals surface area (Å²) in [5.41, 5.74) is 4.46. The molecular weight excluding hydrogens is 202 g/mol. The number of rotatable bonds is 4. The number of nitrogens with one attached hydrogen (secondary N) is 2. The topological polar surface area (TPSA) is 49.9 Å². The first kappa shape index (κ1) is 10.3. The predicted molar refractivity (Wildman–Crippen MR) is 61.4 cm³/mol. The van der Waals surface area contributed by atoms with Crippen molar-refractivity contribution in [2.24, 2.45) is 0 Å². The highest BCUT2D eigenvalue weighted by molar-refractivity contribution is 5.50. The Balaban J connectivity index is 1.88. The Morgan fingerprint density at radius 1 is 1.38 bits per heavy atom. The van der Waals surface area contributed by atoms with E-state index in [2.05, 4.69) is 21.6 Å². The molecule has 4 heteroatoms. The molecule has 2 aromatic rings. The van der Waals surface area contributed by atoms with Crippen LogP contribution in [0.5, 0.6) is 0 Å². The van der Waals surface area contributed by atoms with Crippen LogP contribution in [0.25, 0.3) is 0 Å². The van der Waals surface area contributed by atoms with Crippen molar-refractivity contribution in [1.82, 2.24) is 10.2 Å². The summed E-state index contributed by atoms with van der Waals surface area (Å²) in [7, 11) is 0.